The molecule has 3 unspecified atom stereocenters. The molecule has 0 bridgehead atoms. The van der Waals surface area contributed by atoms with Gasteiger partial charge in [-0.3, -0.25) is 0 Å². The summed E-state index contributed by atoms with van der Waals surface area (Å²) in [6, 6.07) is 3.80. The molecule has 0 aromatic heterocycles. The average Bonchev–Trinajstić information content (AvgIpc) is 2.68. The van der Waals surface area contributed by atoms with Crippen LogP contribution >= 0.6 is 0 Å². The molecule has 0 aliphatic carbocycles. The zero-order valence-corrected chi connectivity index (χ0v) is 8.99. The molecule has 0 spiro atoms. The van der Waals surface area contributed by atoms with Crippen molar-refractivity contribution in [3.63, 3.8) is 0 Å². The predicted molar refractivity (Wildman–Crippen MR) is 54.9 cm³/mol. The van der Waals surface area contributed by atoms with Crippen LogP contribution in [-0.2, 0) is 4.74 Å². The van der Waals surface area contributed by atoms with Crippen LogP contribution in [0.25, 0.3) is 0 Å². The molecule has 1 aliphatic heterocycles. The van der Waals surface area contributed by atoms with Gasteiger partial charge in [-0.15, -0.1) is 0 Å². The molecule has 0 radical (unpaired) electrons. The summed E-state index contributed by atoms with van der Waals surface area (Å²) in [6.07, 6.45) is 0.0277. The maximum Gasteiger partial charge on any atom is 0.164 e. The number of ether oxygens (including phenoxy) is 1. The van der Waals surface area contributed by atoms with Gasteiger partial charge in [-0.1, -0.05) is 12.1 Å². The standard InChI is InChI=1S/C12H14F2O2/c1-7-5-6-10(16-7)12(15)8-3-2-4-9(13)11(8)14/h2-4,7,10,12,15H,5-6H2,1H3. The molecule has 4 heteroatoms. The van der Waals surface area contributed by atoms with Crippen LogP contribution in [0, 0.1) is 11.6 Å². The molecule has 2 nitrogen and oxygen atoms in total. The molecule has 0 amide bonds. The summed E-state index contributed by atoms with van der Waals surface area (Å²) >= 11 is 0. The van der Waals surface area contributed by atoms with Crippen molar-refractivity contribution in [1.82, 2.24) is 0 Å². The first-order valence-corrected chi connectivity index (χ1v) is 5.37. The lowest BCUT2D eigenvalue weighted by Gasteiger charge is -2.19. The molecule has 1 saturated heterocycles. The van der Waals surface area contributed by atoms with Crippen LogP contribution in [0.3, 0.4) is 0 Å². The molecule has 1 fully saturated rings. The highest BCUT2D eigenvalue weighted by Crippen LogP contribution is 2.31. The summed E-state index contributed by atoms with van der Waals surface area (Å²) < 4.78 is 31.8. The van der Waals surface area contributed by atoms with E-state index in [-0.39, 0.29) is 11.7 Å². The van der Waals surface area contributed by atoms with E-state index < -0.39 is 23.8 Å². The average molecular weight is 228 g/mol. The Morgan fingerprint density at radius 1 is 1.38 bits per heavy atom. The van der Waals surface area contributed by atoms with E-state index in [1.54, 1.807) is 0 Å². The molecule has 88 valence electrons. The van der Waals surface area contributed by atoms with E-state index in [1.165, 1.54) is 12.1 Å². The van der Waals surface area contributed by atoms with Gasteiger partial charge in [-0.2, -0.15) is 0 Å². The van der Waals surface area contributed by atoms with Gasteiger partial charge in [0.15, 0.2) is 11.6 Å². The Hall–Kier alpha value is -1.00. The maximum absolute atomic E-state index is 13.4. The van der Waals surface area contributed by atoms with Crippen molar-refractivity contribution in [3.8, 4) is 0 Å². The fourth-order valence-corrected chi connectivity index (χ4v) is 2.01. The van der Waals surface area contributed by atoms with Gasteiger partial charge >= 0.3 is 0 Å². The summed E-state index contributed by atoms with van der Waals surface area (Å²) in [5.41, 5.74) is -0.0286. The van der Waals surface area contributed by atoms with E-state index >= 15 is 0 Å². The van der Waals surface area contributed by atoms with Crippen molar-refractivity contribution in [2.75, 3.05) is 0 Å². The molecule has 1 aromatic carbocycles. The van der Waals surface area contributed by atoms with Gasteiger partial charge in [0.05, 0.1) is 12.2 Å². The Morgan fingerprint density at radius 2 is 2.12 bits per heavy atom. The number of halogens is 2. The first-order valence-electron chi connectivity index (χ1n) is 5.37. The van der Waals surface area contributed by atoms with Crippen LogP contribution in [0.5, 0.6) is 0 Å². The van der Waals surface area contributed by atoms with Gasteiger partial charge in [-0.05, 0) is 25.8 Å². The third-order valence-electron chi connectivity index (χ3n) is 2.92. The number of aliphatic hydroxyl groups excluding tert-OH is 1. The predicted octanol–water partition coefficient (Wildman–Crippen LogP) is 2.57. The molecule has 1 heterocycles. The number of hydrogen-bond donors (Lipinski definition) is 1. The first-order chi connectivity index (χ1) is 7.59. The van der Waals surface area contributed by atoms with Crippen molar-refractivity contribution >= 4 is 0 Å². The SMILES string of the molecule is CC1CCC(C(O)c2cccc(F)c2F)O1. The number of benzene rings is 1. The fourth-order valence-electron chi connectivity index (χ4n) is 2.01. The molecule has 3 atom stereocenters. The number of hydrogen-bond acceptors (Lipinski definition) is 2. The van der Waals surface area contributed by atoms with Crippen LogP contribution in [0.4, 0.5) is 8.78 Å². The molecule has 16 heavy (non-hydrogen) atoms. The second-order valence-electron chi connectivity index (χ2n) is 4.15. The van der Waals surface area contributed by atoms with Crippen molar-refractivity contribution < 1.29 is 18.6 Å². The first kappa shape index (κ1) is 11.5. The number of rotatable bonds is 2. The Balaban J connectivity index is 2.20. The fraction of sp³-hybridized carbons (Fsp3) is 0.500. The monoisotopic (exact) mass is 228 g/mol. The molecular weight excluding hydrogens is 214 g/mol. The lowest BCUT2D eigenvalue weighted by Crippen LogP contribution is -2.20. The van der Waals surface area contributed by atoms with Crippen LogP contribution in [0.15, 0.2) is 18.2 Å². The van der Waals surface area contributed by atoms with E-state index in [2.05, 4.69) is 0 Å². The summed E-state index contributed by atoms with van der Waals surface area (Å²) in [5.74, 6) is -1.93. The van der Waals surface area contributed by atoms with Crippen LogP contribution in [0.2, 0.25) is 0 Å². The smallest absolute Gasteiger partial charge is 0.164 e. The van der Waals surface area contributed by atoms with Gasteiger partial charge < -0.3 is 9.84 Å². The van der Waals surface area contributed by atoms with Crippen LogP contribution in [-0.4, -0.2) is 17.3 Å². The van der Waals surface area contributed by atoms with Crippen molar-refractivity contribution in [2.24, 2.45) is 0 Å². The quantitative estimate of drug-likeness (QED) is 0.843. The Morgan fingerprint density at radius 3 is 2.75 bits per heavy atom. The molecule has 1 N–H and O–H groups in total. The van der Waals surface area contributed by atoms with Gasteiger partial charge in [0.25, 0.3) is 0 Å². The summed E-state index contributed by atoms with van der Waals surface area (Å²) in [5, 5.41) is 9.91. The number of aliphatic hydroxyl groups is 1. The molecular formula is C12H14F2O2. The summed E-state index contributed by atoms with van der Waals surface area (Å²) in [4.78, 5) is 0. The topological polar surface area (TPSA) is 29.5 Å². The molecule has 2 rings (SSSR count). The highest BCUT2D eigenvalue weighted by Gasteiger charge is 2.31. The molecule has 1 aromatic rings. The minimum atomic E-state index is -1.10. The van der Waals surface area contributed by atoms with Crippen LogP contribution in [0.1, 0.15) is 31.4 Å². The van der Waals surface area contributed by atoms with Crippen molar-refractivity contribution in [1.29, 1.82) is 0 Å². The lowest BCUT2D eigenvalue weighted by atomic mass is 10.0. The minimum Gasteiger partial charge on any atom is -0.386 e. The van der Waals surface area contributed by atoms with E-state index in [4.69, 9.17) is 4.74 Å². The zero-order chi connectivity index (χ0) is 11.7. The highest BCUT2D eigenvalue weighted by atomic mass is 19.2. The largest absolute Gasteiger partial charge is 0.386 e. The van der Waals surface area contributed by atoms with E-state index in [0.29, 0.717) is 6.42 Å². The van der Waals surface area contributed by atoms with E-state index in [1.807, 2.05) is 6.92 Å². The summed E-state index contributed by atoms with van der Waals surface area (Å²) in [7, 11) is 0. The Kier molecular flexibility index (Phi) is 3.21. The van der Waals surface area contributed by atoms with Gasteiger partial charge in [0.2, 0.25) is 0 Å². The van der Waals surface area contributed by atoms with Crippen molar-refractivity contribution in [3.05, 3.63) is 35.4 Å². The molecule has 1 aliphatic rings. The van der Waals surface area contributed by atoms with Gasteiger partial charge in [-0.25, -0.2) is 8.78 Å². The molecule has 0 saturated carbocycles. The third-order valence-corrected chi connectivity index (χ3v) is 2.92. The zero-order valence-electron chi connectivity index (χ0n) is 8.99. The van der Waals surface area contributed by atoms with Crippen molar-refractivity contribution in [2.45, 2.75) is 38.1 Å². The van der Waals surface area contributed by atoms with Crippen LogP contribution < -0.4 is 0 Å². The minimum absolute atomic E-state index is 0.0286. The second-order valence-corrected chi connectivity index (χ2v) is 4.15. The maximum atomic E-state index is 13.4. The van der Waals surface area contributed by atoms with Gasteiger partial charge in [0, 0.05) is 5.56 Å². The highest BCUT2D eigenvalue weighted by molar-refractivity contribution is 5.22. The van der Waals surface area contributed by atoms with E-state index in [0.717, 1.165) is 12.5 Å². The normalized spacial score (nSPS) is 27.0. The second kappa shape index (κ2) is 4.47. The van der Waals surface area contributed by atoms with E-state index in [9.17, 15) is 13.9 Å². The lowest BCUT2D eigenvalue weighted by molar-refractivity contribution is -0.0312. The Bertz CT molecular complexity index is 381. The summed E-state index contributed by atoms with van der Waals surface area (Å²) in [6.45, 7) is 1.90. The third kappa shape index (κ3) is 2.08. The van der Waals surface area contributed by atoms with Gasteiger partial charge in [0.1, 0.15) is 6.10 Å². The Labute approximate surface area is 92.9 Å².